The molecule has 0 N–H and O–H groups in total. The van der Waals surface area contributed by atoms with E-state index in [1.165, 1.54) is 65.0 Å². The van der Waals surface area contributed by atoms with Gasteiger partial charge in [-0.1, -0.05) is 146 Å². The molecule has 2 heterocycles. The molecule has 0 aliphatic heterocycles. The highest BCUT2D eigenvalue weighted by Crippen LogP contribution is 2.47. The van der Waals surface area contributed by atoms with Gasteiger partial charge in [0, 0.05) is 55.9 Å². The number of rotatable bonds is 5. The summed E-state index contributed by atoms with van der Waals surface area (Å²) in [5, 5.41) is 14.7. The van der Waals surface area contributed by atoms with Crippen molar-refractivity contribution in [1.82, 2.24) is 4.57 Å². The molecule has 11 aromatic carbocycles. The Labute approximate surface area is 351 Å². The Bertz CT molecular complexity index is 3840. The van der Waals surface area contributed by atoms with Crippen molar-refractivity contribution in [3.05, 3.63) is 218 Å². The summed E-state index contributed by atoms with van der Waals surface area (Å²) in [5.41, 5.74) is 10.8. The molecule has 3 nitrogen and oxygen atoms in total. The fourth-order valence-electron chi connectivity index (χ4n) is 10.1. The van der Waals surface area contributed by atoms with Gasteiger partial charge < -0.3 is 13.9 Å². The highest BCUT2D eigenvalue weighted by atomic mass is 16.3. The third-order valence-electron chi connectivity index (χ3n) is 12.7. The predicted molar refractivity (Wildman–Crippen MR) is 258 cm³/mol. The molecule has 13 aromatic rings. The largest absolute Gasteiger partial charge is 0.456 e. The average molecular weight is 777 g/mol. The third kappa shape index (κ3) is 5.11. The summed E-state index contributed by atoms with van der Waals surface area (Å²) in [7, 11) is 0. The van der Waals surface area contributed by atoms with Gasteiger partial charge in [0.05, 0.1) is 11.0 Å². The summed E-state index contributed by atoms with van der Waals surface area (Å²) < 4.78 is 9.12. The Morgan fingerprint density at radius 3 is 1.66 bits per heavy atom. The summed E-state index contributed by atoms with van der Waals surface area (Å²) in [4.78, 5) is 2.37. The number of benzene rings is 11. The van der Waals surface area contributed by atoms with Crippen LogP contribution in [0, 0.1) is 0 Å². The molecule has 0 spiro atoms. The van der Waals surface area contributed by atoms with E-state index < -0.39 is 0 Å². The molecule has 0 atom stereocenters. The van der Waals surface area contributed by atoms with E-state index in [9.17, 15) is 0 Å². The molecular weight excluding hydrogens is 741 g/mol. The first-order valence-electron chi connectivity index (χ1n) is 20.9. The van der Waals surface area contributed by atoms with Crippen molar-refractivity contribution in [2.45, 2.75) is 0 Å². The van der Waals surface area contributed by atoms with Gasteiger partial charge in [-0.3, -0.25) is 0 Å². The molecule has 61 heavy (non-hydrogen) atoms. The summed E-state index contributed by atoms with van der Waals surface area (Å²) in [5.74, 6) is 0. The van der Waals surface area contributed by atoms with Crippen LogP contribution in [0.5, 0.6) is 0 Å². The van der Waals surface area contributed by atoms with Gasteiger partial charge >= 0.3 is 0 Å². The normalized spacial score (nSPS) is 11.9. The zero-order chi connectivity index (χ0) is 40.0. The van der Waals surface area contributed by atoms with Crippen molar-refractivity contribution in [3.8, 4) is 16.8 Å². The van der Waals surface area contributed by atoms with E-state index in [1.807, 2.05) is 0 Å². The predicted octanol–water partition coefficient (Wildman–Crippen LogP) is 16.4. The average Bonchev–Trinajstić information content (AvgIpc) is 3.87. The molecule has 2 aromatic heterocycles. The number of furan rings is 1. The zero-order valence-electron chi connectivity index (χ0n) is 33.1. The Morgan fingerprint density at radius 1 is 0.328 bits per heavy atom. The smallest absolute Gasteiger partial charge is 0.138 e. The van der Waals surface area contributed by atoms with Crippen LogP contribution in [-0.4, -0.2) is 4.57 Å². The van der Waals surface area contributed by atoms with Crippen LogP contribution in [0.1, 0.15) is 0 Å². The van der Waals surface area contributed by atoms with Gasteiger partial charge in [-0.15, -0.1) is 0 Å². The Hall–Kier alpha value is -8.14. The fraction of sp³-hybridized carbons (Fsp3) is 0. The van der Waals surface area contributed by atoms with E-state index in [0.29, 0.717) is 0 Å². The molecule has 0 aliphatic rings. The topological polar surface area (TPSA) is 21.3 Å². The first-order valence-corrected chi connectivity index (χ1v) is 20.9. The van der Waals surface area contributed by atoms with E-state index in [2.05, 4.69) is 228 Å². The molecule has 0 fully saturated rings. The Kier molecular flexibility index (Phi) is 7.31. The molecule has 0 bridgehead atoms. The van der Waals surface area contributed by atoms with Crippen LogP contribution >= 0.6 is 0 Å². The van der Waals surface area contributed by atoms with Gasteiger partial charge in [-0.25, -0.2) is 0 Å². The van der Waals surface area contributed by atoms with Crippen molar-refractivity contribution in [2.24, 2.45) is 0 Å². The quantitative estimate of drug-likeness (QED) is 0.162. The standard InChI is InChI=1S/C58H36N2O/c1-2-16-40(17-3-1)59(43-32-33-48-46-20-7-6-18-44(46)45-19-8-9-21-47(45)51(48)35-43)41-28-30-42(31-29-41)60-52-24-12-10-22-49(52)57-53(60)36-55-58(50-23-11-13-25-54(50)61-55)56(57)39-27-26-37-14-4-5-15-38(37)34-39/h1-36H. The lowest BCUT2D eigenvalue weighted by Gasteiger charge is -2.26. The Morgan fingerprint density at radius 2 is 0.902 bits per heavy atom. The molecule has 13 rings (SSSR count). The van der Waals surface area contributed by atoms with Gasteiger partial charge in [0.2, 0.25) is 0 Å². The number of anilines is 3. The minimum absolute atomic E-state index is 0.879. The monoisotopic (exact) mass is 776 g/mol. The van der Waals surface area contributed by atoms with Crippen molar-refractivity contribution >= 4 is 104 Å². The van der Waals surface area contributed by atoms with Crippen molar-refractivity contribution in [1.29, 1.82) is 0 Å². The lowest BCUT2D eigenvalue weighted by Crippen LogP contribution is -2.10. The second-order valence-electron chi connectivity index (χ2n) is 16.0. The molecule has 284 valence electrons. The van der Waals surface area contributed by atoms with Gasteiger partial charge in [0.15, 0.2) is 0 Å². The second-order valence-corrected chi connectivity index (χ2v) is 16.0. The molecule has 0 saturated carbocycles. The van der Waals surface area contributed by atoms with Crippen molar-refractivity contribution in [3.63, 3.8) is 0 Å². The maximum Gasteiger partial charge on any atom is 0.138 e. The number of aromatic nitrogens is 1. The zero-order valence-corrected chi connectivity index (χ0v) is 33.1. The molecule has 0 amide bonds. The fourth-order valence-corrected chi connectivity index (χ4v) is 10.1. The number of para-hydroxylation sites is 3. The number of fused-ring (bicyclic) bond motifs is 13. The van der Waals surface area contributed by atoms with Gasteiger partial charge in [0.25, 0.3) is 0 Å². The number of nitrogens with zero attached hydrogens (tertiary/aromatic N) is 2. The third-order valence-corrected chi connectivity index (χ3v) is 12.7. The van der Waals surface area contributed by atoms with Crippen molar-refractivity contribution in [2.75, 3.05) is 4.90 Å². The van der Waals surface area contributed by atoms with Crippen LogP contribution in [0.4, 0.5) is 17.1 Å². The second kappa shape index (κ2) is 13.2. The molecular formula is C58H36N2O. The van der Waals surface area contributed by atoms with Crippen LogP contribution in [0.15, 0.2) is 223 Å². The first-order chi connectivity index (χ1) is 30.3. The highest BCUT2D eigenvalue weighted by molar-refractivity contribution is 6.28. The minimum atomic E-state index is 0.879. The molecule has 0 unspecified atom stereocenters. The first kappa shape index (κ1) is 33.8. The van der Waals surface area contributed by atoms with Crippen LogP contribution in [0.25, 0.3) is 104 Å². The molecule has 3 heteroatoms. The highest BCUT2D eigenvalue weighted by Gasteiger charge is 2.23. The number of hydrogen-bond acceptors (Lipinski definition) is 2. The van der Waals surface area contributed by atoms with Gasteiger partial charge in [0.1, 0.15) is 11.2 Å². The summed E-state index contributed by atoms with van der Waals surface area (Å²) in [6.45, 7) is 0. The van der Waals surface area contributed by atoms with Crippen LogP contribution in [0.3, 0.4) is 0 Å². The lowest BCUT2D eigenvalue weighted by atomic mass is 9.93. The van der Waals surface area contributed by atoms with Crippen LogP contribution in [-0.2, 0) is 0 Å². The van der Waals surface area contributed by atoms with Gasteiger partial charge in [-0.05, 0) is 115 Å². The van der Waals surface area contributed by atoms with Gasteiger partial charge in [-0.2, -0.15) is 0 Å². The summed E-state index contributed by atoms with van der Waals surface area (Å²) in [6, 6.07) is 79.2. The number of hydrogen-bond donors (Lipinski definition) is 0. The molecule has 0 saturated heterocycles. The maximum absolute atomic E-state index is 6.71. The van der Waals surface area contributed by atoms with E-state index in [4.69, 9.17) is 4.42 Å². The van der Waals surface area contributed by atoms with E-state index in [0.717, 1.165) is 55.7 Å². The SMILES string of the molecule is c1ccc(N(c2ccc(-n3c4ccccc4c4c(-c5ccc6ccccc6c5)c5c(cc43)oc3ccccc35)cc2)c2ccc3c4ccccc4c4ccccc4c3c2)cc1. The van der Waals surface area contributed by atoms with E-state index in [-0.39, 0.29) is 0 Å². The molecule has 0 radical (unpaired) electrons. The maximum atomic E-state index is 6.71. The van der Waals surface area contributed by atoms with Crippen LogP contribution in [0.2, 0.25) is 0 Å². The summed E-state index contributed by atoms with van der Waals surface area (Å²) in [6.07, 6.45) is 0. The van der Waals surface area contributed by atoms with Crippen LogP contribution < -0.4 is 4.90 Å². The van der Waals surface area contributed by atoms with E-state index in [1.54, 1.807) is 0 Å². The minimum Gasteiger partial charge on any atom is -0.456 e. The molecule has 0 aliphatic carbocycles. The van der Waals surface area contributed by atoms with E-state index >= 15 is 0 Å². The Balaban J connectivity index is 1.03. The lowest BCUT2D eigenvalue weighted by molar-refractivity contribution is 0.669. The summed E-state index contributed by atoms with van der Waals surface area (Å²) >= 11 is 0. The van der Waals surface area contributed by atoms with Crippen molar-refractivity contribution < 1.29 is 4.42 Å².